The van der Waals surface area contributed by atoms with Crippen LogP contribution in [0.1, 0.15) is 18.4 Å². The van der Waals surface area contributed by atoms with Crippen LogP contribution in [0.3, 0.4) is 0 Å². The smallest absolute Gasteiger partial charge is 0.410 e. The van der Waals surface area contributed by atoms with Gasteiger partial charge in [0.25, 0.3) is 0 Å². The largest absolute Gasteiger partial charge is 0.453 e. The van der Waals surface area contributed by atoms with Crippen molar-refractivity contribution in [3.63, 3.8) is 0 Å². The molecule has 2 bridgehead atoms. The Labute approximate surface area is 127 Å². The summed E-state index contributed by atoms with van der Waals surface area (Å²) in [7, 11) is 1.45. The van der Waals surface area contributed by atoms with Crippen LogP contribution in [0.4, 0.5) is 10.6 Å². The quantitative estimate of drug-likeness (QED) is 0.737. The van der Waals surface area contributed by atoms with Gasteiger partial charge in [-0.1, -0.05) is 0 Å². The van der Waals surface area contributed by atoms with Crippen molar-refractivity contribution >= 4 is 27.8 Å². The number of carbonyl (C=O) groups is 1. The highest BCUT2D eigenvalue weighted by Crippen LogP contribution is 2.33. The standard InChI is InChI=1S/C14H18BrN3O2/c1-9-5-12(15)16-13(6-9)17-7-10-3-4-11(8-17)18(10)14(19)20-2/h5-6,10-11H,3-4,7-8H2,1-2H3. The van der Waals surface area contributed by atoms with Crippen LogP contribution >= 0.6 is 15.9 Å². The molecule has 5 nitrogen and oxygen atoms in total. The van der Waals surface area contributed by atoms with E-state index in [4.69, 9.17) is 4.74 Å². The second-order valence-electron chi connectivity index (χ2n) is 5.49. The number of nitrogens with zero attached hydrogens (tertiary/aromatic N) is 3. The average Bonchev–Trinajstić information content (AvgIpc) is 2.67. The van der Waals surface area contributed by atoms with E-state index in [-0.39, 0.29) is 18.2 Å². The molecule has 0 saturated carbocycles. The third-order valence-corrected chi connectivity index (χ3v) is 4.52. The van der Waals surface area contributed by atoms with Crippen LogP contribution in [0.25, 0.3) is 0 Å². The fourth-order valence-electron chi connectivity index (χ4n) is 3.26. The summed E-state index contributed by atoms with van der Waals surface area (Å²) in [6, 6.07) is 4.57. The molecule has 1 amide bonds. The number of halogens is 1. The van der Waals surface area contributed by atoms with Crippen LogP contribution in [0, 0.1) is 6.92 Å². The van der Waals surface area contributed by atoms with Crippen LogP contribution in [-0.4, -0.2) is 48.3 Å². The topological polar surface area (TPSA) is 45.7 Å². The summed E-state index contributed by atoms with van der Waals surface area (Å²) in [5, 5.41) is 0. The van der Waals surface area contributed by atoms with Crippen molar-refractivity contribution in [3.05, 3.63) is 22.3 Å². The zero-order chi connectivity index (χ0) is 14.3. The lowest BCUT2D eigenvalue weighted by atomic mass is 10.2. The molecule has 2 aliphatic rings. The lowest BCUT2D eigenvalue weighted by Gasteiger charge is -2.40. The zero-order valence-electron chi connectivity index (χ0n) is 11.7. The molecule has 2 unspecified atom stereocenters. The van der Waals surface area contributed by atoms with Gasteiger partial charge in [-0.2, -0.15) is 0 Å². The van der Waals surface area contributed by atoms with Gasteiger partial charge in [-0.05, 0) is 53.4 Å². The molecule has 0 aliphatic carbocycles. The molecule has 2 atom stereocenters. The number of aromatic nitrogens is 1. The highest BCUT2D eigenvalue weighted by atomic mass is 79.9. The van der Waals surface area contributed by atoms with Crippen molar-refractivity contribution in [2.24, 2.45) is 0 Å². The van der Waals surface area contributed by atoms with Crippen LogP contribution in [0.15, 0.2) is 16.7 Å². The van der Waals surface area contributed by atoms with Gasteiger partial charge in [-0.3, -0.25) is 4.90 Å². The molecule has 0 radical (unpaired) electrons. The summed E-state index contributed by atoms with van der Waals surface area (Å²) < 4.78 is 5.75. The molecule has 0 aromatic carbocycles. The molecule has 3 heterocycles. The van der Waals surface area contributed by atoms with Crippen LogP contribution < -0.4 is 4.90 Å². The van der Waals surface area contributed by atoms with Crippen molar-refractivity contribution < 1.29 is 9.53 Å². The molecular weight excluding hydrogens is 322 g/mol. The maximum atomic E-state index is 11.8. The van der Waals surface area contributed by atoms with E-state index in [0.29, 0.717) is 0 Å². The van der Waals surface area contributed by atoms with Crippen molar-refractivity contribution in [3.8, 4) is 0 Å². The second-order valence-corrected chi connectivity index (χ2v) is 6.31. The van der Waals surface area contributed by atoms with Gasteiger partial charge in [0.05, 0.1) is 19.2 Å². The van der Waals surface area contributed by atoms with Crippen molar-refractivity contribution in [1.82, 2.24) is 9.88 Å². The number of ether oxygens (including phenoxy) is 1. The van der Waals surface area contributed by atoms with E-state index in [0.717, 1.165) is 36.4 Å². The summed E-state index contributed by atoms with van der Waals surface area (Å²) in [6.45, 7) is 3.72. The van der Waals surface area contributed by atoms with Gasteiger partial charge in [-0.25, -0.2) is 9.78 Å². The Bertz CT molecular complexity index is 503. The molecule has 108 valence electrons. The minimum Gasteiger partial charge on any atom is -0.453 e. The maximum absolute atomic E-state index is 11.8. The van der Waals surface area contributed by atoms with Gasteiger partial charge in [0, 0.05) is 13.1 Å². The summed E-state index contributed by atoms with van der Waals surface area (Å²) in [6.07, 6.45) is 1.89. The number of piperazine rings is 1. The molecule has 20 heavy (non-hydrogen) atoms. The van der Waals surface area contributed by atoms with E-state index >= 15 is 0 Å². The van der Waals surface area contributed by atoms with E-state index in [1.165, 1.54) is 12.7 Å². The van der Waals surface area contributed by atoms with Gasteiger partial charge >= 0.3 is 6.09 Å². The van der Waals surface area contributed by atoms with Gasteiger partial charge in [0.1, 0.15) is 10.4 Å². The molecule has 1 aromatic heterocycles. The SMILES string of the molecule is COC(=O)N1C2CCC1CN(c1cc(C)cc(Br)n1)C2. The van der Waals surface area contributed by atoms with Crippen molar-refractivity contribution in [2.75, 3.05) is 25.1 Å². The highest BCUT2D eigenvalue weighted by molar-refractivity contribution is 9.10. The Morgan fingerprint density at radius 2 is 2.00 bits per heavy atom. The summed E-state index contributed by atoms with van der Waals surface area (Å²) in [4.78, 5) is 20.6. The molecule has 6 heteroatoms. The van der Waals surface area contributed by atoms with Crippen LogP contribution in [0.2, 0.25) is 0 Å². The first kappa shape index (κ1) is 13.7. The predicted molar refractivity (Wildman–Crippen MR) is 79.9 cm³/mol. The molecule has 0 N–H and O–H groups in total. The maximum Gasteiger partial charge on any atom is 0.410 e. The van der Waals surface area contributed by atoms with E-state index in [9.17, 15) is 4.79 Å². The number of aryl methyl sites for hydroxylation is 1. The van der Waals surface area contributed by atoms with E-state index < -0.39 is 0 Å². The Morgan fingerprint density at radius 3 is 2.55 bits per heavy atom. The lowest BCUT2D eigenvalue weighted by molar-refractivity contribution is 0.0962. The monoisotopic (exact) mass is 339 g/mol. The molecule has 3 rings (SSSR count). The first-order valence-electron chi connectivity index (χ1n) is 6.84. The Kier molecular flexibility index (Phi) is 3.58. The molecule has 0 spiro atoms. The molecule has 2 aliphatic heterocycles. The van der Waals surface area contributed by atoms with Crippen molar-refractivity contribution in [1.29, 1.82) is 0 Å². The molecule has 2 saturated heterocycles. The van der Waals surface area contributed by atoms with Crippen molar-refractivity contribution in [2.45, 2.75) is 31.8 Å². The minimum atomic E-state index is -0.199. The third-order valence-electron chi connectivity index (χ3n) is 4.12. The first-order valence-corrected chi connectivity index (χ1v) is 7.63. The minimum absolute atomic E-state index is 0.199. The van der Waals surface area contributed by atoms with Gasteiger partial charge < -0.3 is 9.64 Å². The fourth-order valence-corrected chi connectivity index (χ4v) is 3.81. The molecular formula is C14H18BrN3O2. The van der Waals surface area contributed by atoms with Gasteiger partial charge in [0.15, 0.2) is 0 Å². The van der Waals surface area contributed by atoms with Gasteiger partial charge in [-0.15, -0.1) is 0 Å². The average molecular weight is 340 g/mol. The highest BCUT2D eigenvalue weighted by Gasteiger charge is 2.43. The Hall–Kier alpha value is -1.30. The number of carbonyl (C=O) groups excluding carboxylic acids is 1. The number of hydrogen-bond donors (Lipinski definition) is 0. The third kappa shape index (κ3) is 2.37. The number of methoxy groups -OCH3 is 1. The second kappa shape index (κ2) is 5.24. The van der Waals surface area contributed by atoms with Crippen LogP contribution in [0.5, 0.6) is 0 Å². The Morgan fingerprint density at radius 1 is 1.35 bits per heavy atom. The number of pyridine rings is 1. The number of rotatable bonds is 1. The Balaban J connectivity index is 1.81. The van der Waals surface area contributed by atoms with Crippen LogP contribution in [-0.2, 0) is 4.74 Å². The normalized spacial score (nSPS) is 24.9. The number of hydrogen-bond acceptors (Lipinski definition) is 4. The van der Waals surface area contributed by atoms with E-state index in [1.54, 1.807) is 0 Å². The molecule has 1 aromatic rings. The first-order chi connectivity index (χ1) is 9.58. The fraction of sp³-hybridized carbons (Fsp3) is 0.571. The van der Waals surface area contributed by atoms with E-state index in [2.05, 4.69) is 38.8 Å². The zero-order valence-corrected chi connectivity index (χ0v) is 13.3. The number of amides is 1. The molecule has 2 fully saturated rings. The number of anilines is 1. The predicted octanol–water partition coefficient (Wildman–Crippen LogP) is 2.57. The summed E-state index contributed by atoms with van der Waals surface area (Å²) >= 11 is 3.45. The number of fused-ring (bicyclic) bond motifs is 2. The lowest BCUT2D eigenvalue weighted by Crippen LogP contribution is -2.56. The van der Waals surface area contributed by atoms with E-state index in [1.807, 2.05) is 11.0 Å². The summed E-state index contributed by atoms with van der Waals surface area (Å²) in [5.41, 5.74) is 1.18. The summed E-state index contributed by atoms with van der Waals surface area (Å²) in [5.74, 6) is 0.985. The van der Waals surface area contributed by atoms with Gasteiger partial charge in [0.2, 0.25) is 0 Å².